The van der Waals surface area contributed by atoms with Gasteiger partial charge in [0, 0.05) is 0 Å². The largest absolute Gasteiger partial charge is 0.393 e. The normalized spacial score (nSPS) is 24.0. The molecule has 2 nitrogen and oxygen atoms in total. The molecule has 1 aliphatic carbocycles. The molecule has 74 valence electrons. The molecule has 1 atom stereocenters. The first-order valence-corrected chi connectivity index (χ1v) is 5.03. The number of aliphatic hydroxyl groups excluding tert-OH is 1. The van der Waals surface area contributed by atoms with Gasteiger partial charge in [0.1, 0.15) is 0 Å². The minimum absolute atomic E-state index is 0.369. The third kappa shape index (κ3) is 3.13. The van der Waals surface area contributed by atoms with Crippen molar-refractivity contribution in [2.75, 3.05) is 0 Å². The van der Waals surface area contributed by atoms with Crippen LogP contribution in [-0.4, -0.2) is 20.8 Å². The van der Waals surface area contributed by atoms with E-state index in [1.54, 1.807) is 6.08 Å². The number of Topliss-reactive ketones (excluding diaryl/α,β-unsaturated/α-hetero) is 1. The summed E-state index contributed by atoms with van der Waals surface area (Å²) in [5.41, 5.74) is 0.505. The van der Waals surface area contributed by atoms with Gasteiger partial charge in [0.2, 0.25) is 5.78 Å². The van der Waals surface area contributed by atoms with Crippen molar-refractivity contribution < 1.29 is 9.90 Å². The first-order valence-electron chi connectivity index (χ1n) is 3.90. The first kappa shape index (κ1) is 11.3. The number of halogens is 3. The van der Waals surface area contributed by atoms with E-state index in [9.17, 15) is 4.79 Å². The number of alkyl halides is 3. The Bertz CT molecular complexity index is 242. The Kier molecular flexibility index (Phi) is 3.64. The molecule has 0 fully saturated rings. The van der Waals surface area contributed by atoms with Gasteiger partial charge < -0.3 is 5.11 Å². The standard InChI is InChI=1S/C8H9Cl3O2/c9-8(10,11)7(13)5-1-3-6(12)4-2-5/h1,6,12H,2-4H2. The first-order chi connectivity index (χ1) is 5.91. The average molecular weight is 244 g/mol. The number of ketones is 1. The highest BCUT2D eigenvalue weighted by Gasteiger charge is 2.33. The summed E-state index contributed by atoms with van der Waals surface area (Å²) in [6.07, 6.45) is 2.76. The summed E-state index contributed by atoms with van der Waals surface area (Å²) in [5.74, 6) is -0.482. The molecule has 0 amide bonds. The van der Waals surface area contributed by atoms with E-state index in [1.165, 1.54) is 0 Å². The molecule has 0 aromatic rings. The Morgan fingerprint density at radius 1 is 1.54 bits per heavy atom. The fraction of sp³-hybridized carbons (Fsp3) is 0.625. The predicted octanol–water partition coefficient (Wildman–Crippen LogP) is 2.40. The second-order valence-corrected chi connectivity index (χ2v) is 5.27. The summed E-state index contributed by atoms with van der Waals surface area (Å²) < 4.78 is -1.87. The summed E-state index contributed by atoms with van der Waals surface area (Å²) in [7, 11) is 0. The van der Waals surface area contributed by atoms with Gasteiger partial charge in [-0.2, -0.15) is 0 Å². The van der Waals surface area contributed by atoms with E-state index in [-0.39, 0.29) is 6.10 Å². The molecular formula is C8H9Cl3O2. The van der Waals surface area contributed by atoms with Crippen LogP contribution in [0.3, 0.4) is 0 Å². The van der Waals surface area contributed by atoms with Gasteiger partial charge in [0.25, 0.3) is 3.79 Å². The van der Waals surface area contributed by atoms with Crippen molar-refractivity contribution in [2.24, 2.45) is 0 Å². The van der Waals surface area contributed by atoms with Gasteiger partial charge >= 0.3 is 0 Å². The molecule has 1 aliphatic rings. The van der Waals surface area contributed by atoms with Crippen LogP contribution < -0.4 is 0 Å². The van der Waals surface area contributed by atoms with Crippen molar-refractivity contribution in [3.63, 3.8) is 0 Å². The smallest absolute Gasteiger partial charge is 0.253 e. The Morgan fingerprint density at radius 2 is 2.15 bits per heavy atom. The molecule has 5 heteroatoms. The van der Waals surface area contributed by atoms with E-state index in [2.05, 4.69) is 0 Å². The topological polar surface area (TPSA) is 37.3 Å². The minimum atomic E-state index is -1.87. The molecule has 0 heterocycles. The Hall–Kier alpha value is 0.240. The highest BCUT2D eigenvalue weighted by molar-refractivity contribution is 6.77. The molecule has 1 unspecified atom stereocenters. The Labute approximate surface area is 91.5 Å². The molecule has 0 radical (unpaired) electrons. The predicted molar refractivity (Wildman–Crippen MR) is 53.2 cm³/mol. The lowest BCUT2D eigenvalue weighted by atomic mass is 9.95. The van der Waals surface area contributed by atoms with Gasteiger partial charge in [-0.05, 0) is 24.8 Å². The molecule has 0 saturated carbocycles. The van der Waals surface area contributed by atoms with E-state index in [0.29, 0.717) is 24.8 Å². The Balaban J connectivity index is 2.69. The van der Waals surface area contributed by atoms with Gasteiger partial charge in [-0.15, -0.1) is 0 Å². The van der Waals surface area contributed by atoms with Crippen molar-refractivity contribution >= 4 is 40.6 Å². The molecule has 0 saturated heterocycles. The fourth-order valence-corrected chi connectivity index (χ4v) is 1.57. The van der Waals surface area contributed by atoms with Crippen LogP contribution in [0.15, 0.2) is 11.6 Å². The van der Waals surface area contributed by atoms with Crippen molar-refractivity contribution in [1.82, 2.24) is 0 Å². The summed E-state index contributed by atoms with van der Waals surface area (Å²) in [6.45, 7) is 0. The van der Waals surface area contributed by atoms with E-state index < -0.39 is 9.58 Å². The maximum atomic E-state index is 11.4. The molecule has 0 aromatic heterocycles. The lowest BCUT2D eigenvalue weighted by Crippen LogP contribution is -2.24. The molecule has 0 bridgehead atoms. The van der Waals surface area contributed by atoms with Crippen LogP contribution in [0, 0.1) is 0 Å². The average Bonchev–Trinajstić information content (AvgIpc) is 2.03. The number of carbonyl (C=O) groups excluding carboxylic acids is 1. The van der Waals surface area contributed by atoms with Crippen molar-refractivity contribution in [3.05, 3.63) is 11.6 Å². The van der Waals surface area contributed by atoms with E-state index in [0.717, 1.165) is 0 Å². The minimum Gasteiger partial charge on any atom is -0.393 e. The van der Waals surface area contributed by atoms with Gasteiger partial charge in [-0.25, -0.2) is 0 Å². The van der Waals surface area contributed by atoms with Crippen molar-refractivity contribution in [1.29, 1.82) is 0 Å². The number of allylic oxidation sites excluding steroid dienone is 1. The summed E-state index contributed by atoms with van der Waals surface area (Å²) >= 11 is 16.3. The number of carbonyl (C=O) groups is 1. The molecular weight excluding hydrogens is 234 g/mol. The lowest BCUT2D eigenvalue weighted by Gasteiger charge is -2.19. The molecule has 0 aliphatic heterocycles. The van der Waals surface area contributed by atoms with Gasteiger partial charge in [0.15, 0.2) is 0 Å². The van der Waals surface area contributed by atoms with Crippen molar-refractivity contribution in [3.8, 4) is 0 Å². The second-order valence-electron chi connectivity index (χ2n) is 2.98. The number of hydrogen-bond acceptors (Lipinski definition) is 2. The van der Waals surface area contributed by atoms with Crippen molar-refractivity contribution in [2.45, 2.75) is 29.2 Å². The van der Waals surface area contributed by atoms with Crippen LogP contribution in [0.5, 0.6) is 0 Å². The quantitative estimate of drug-likeness (QED) is 0.718. The van der Waals surface area contributed by atoms with Crippen LogP contribution in [-0.2, 0) is 4.79 Å². The third-order valence-corrected chi connectivity index (χ3v) is 2.45. The maximum absolute atomic E-state index is 11.4. The van der Waals surface area contributed by atoms with Crippen LogP contribution in [0.25, 0.3) is 0 Å². The van der Waals surface area contributed by atoms with Crippen LogP contribution in [0.2, 0.25) is 0 Å². The van der Waals surface area contributed by atoms with Crippen LogP contribution in [0.4, 0.5) is 0 Å². The van der Waals surface area contributed by atoms with Gasteiger partial charge in [-0.3, -0.25) is 4.79 Å². The summed E-state index contributed by atoms with van der Waals surface area (Å²) in [5, 5.41) is 9.16. The zero-order valence-corrected chi connectivity index (χ0v) is 9.03. The molecule has 0 spiro atoms. The highest BCUT2D eigenvalue weighted by Crippen LogP contribution is 2.33. The maximum Gasteiger partial charge on any atom is 0.253 e. The van der Waals surface area contributed by atoms with E-state index in [4.69, 9.17) is 39.9 Å². The van der Waals surface area contributed by atoms with Crippen LogP contribution >= 0.6 is 34.8 Å². The molecule has 13 heavy (non-hydrogen) atoms. The zero-order valence-electron chi connectivity index (χ0n) is 6.77. The number of aliphatic hydroxyl groups is 1. The van der Waals surface area contributed by atoms with Gasteiger partial charge in [-0.1, -0.05) is 40.9 Å². The number of rotatable bonds is 1. The third-order valence-electron chi connectivity index (χ3n) is 1.93. The summed E-state index contributed by atoms with van der Waals surface area (Å²) in [4.78, 5) is 11.4. The summed E-state index contributed by atoms with van der Waals surface area (Å²) in [6, 6.07) is 0. The van der Waals surface area contributed by atoms with Gasteiger partial charge in [0.05, 0.1) is 6.10 Å². The van der Waals surface area contributed by atoms with Crippen LogP contribution in [0.1, 0.15) is 19.3 Å². The molecule has 1 N–H and O–H groups in total. The zero-order chi connectivity index (χ0) is 10.1. The SMILES string of the molecule is O=C(C1=CCC(O)CC1)C(Cl)(Cl)Cl. The monoisotopic (exact) mass is 242 g/mol. The van der Waals surface area contributed by atoms with E-state index in [1.807, 2.05) is 0 Å². The highest BCUT2D eigenvalue weighted by atomic mass is 35.6. The molecule has 1 rings (SSSR count). The molecule has 0 aromatic carbocycles. The lowest BCUT2D eigenvalue weighted by molar-refractivity contribution is -0.115. The fourth-order valence-electron chi connectivity index (χ4n) is 1.21. The Morgan fingerprint density at radius 3 is 2.54 bits per heavy atom. The van der Waals surface area contributed by atoms with E-state index >= 15 is 0 Å². The second kappa shape index (κ2) is 4.18. The number of hydrogen-bond donors (Lipinski definition) is 1.